The summed E-state index contributed by atoms with van der Waals surface area (Å²) in [6.07, 6.45) is 1.08. The zero-order valence-electron chi connectivity index (χ0n) is 8.28. The lowest BCUT2D eigenvalue weighted by Gasteiger charge is -2.18. The number of benzene rings is 1. The van der Waals surface area contributed by atoms with Crippen LogP contribution >= 0.6 is 0 Å². The molecule has 78 valence electrons. The highest BCUT2D eigenvalue weighted by atomic mass is 32.2. The van der Waals surface area contributed by atoms with E-state index in [0.717, 1.165) is 16.1 Å². The highest BCUT2D eigenvalue weighted by Crippen LogP contribution is 2.21. The second-order valence-electron chi connectivity index (χ2n) is 3.16. The molecule has 0 atom stereocenters. The van der Waals surface area contributed by atoms with E-state index in [1.54, 1.807) is 13.0 Å². The molecule has 1 aromatic rings. The van der Waals surface area contributed by atoms with E-state index in [-0.39, 0.29) is 0 Å². The first kappa shape index (κ1) is 11.0. The van der Waals surface area contributed by atoms with Crippen molar-refractivity contribution in [1.29, 1.82) is 0 Å². The average molecular weight is 217 g/mol. The van der Waals surface area contributed by atoms with Gasteiger partial charge < -0.3 is 0 Å². The third-order valence-corrected chi connectivity index (χ3v) is 3.20. The fraction of sp³-hybridized carbons (Fsp3) is 0.333. The van der Waals surface area contributed by atoms with Gasteiger partial charge in [-0.3, -0.25) is 4.31 Å². The summed E-state index contributed by atoms with van der Waals surface area (Å²) in [5.74, 6) is -0.443. The molecule has 0 spiro atoms. The van der Waals surface area contributed by atoms with E-state index in [9.17, 15) is 12.8 Å². The third-order valence-electron chi connectivity index (χ3n) is 2.01. The van der Waals surface area contributed by atoms with Crippen LogP contribution < -0.4 is 4.31 Å². The summed E-state index contributed by atoms with van der Waals surface area (Å²) in [6.45, 7) is 1.73. The van der Waals surface area contributed by atoms with Crippen LogP contribution in [0.1, 0.15) is 5.56 Å². The van der Waals surface area contributed by atoms with Gasteiger partial charge in [0.1, 0.15) is 5.82 Å². The van der Waals surface area contributed by atoms with Crippen molar-refractivity contribution in [1.82, 2.24) is 0 Å². The van der Waals surface area contributed by atoms with Crippen LogP contribution in [0.2, 0.25) is 0 Å². The molecule has 0 aromatic heterocycles. The fourth-order valence-corrected chi connectivity index (χ4v) is 1.65. The molecule has 0 bridgehead atoms. The number of hydrogen-bond donors (Lipinski definition) is 0. The number of hydrogen-bond acceptors (Lipinski definition) is 2. The van der Waals surface area contributed by atoms with Gasteiger partial charge in [0.15, 0.2) is 0 Å². The highest BCUT2D eigenvalue weighted by Gasteiger charge is 2.14. The first-order chi connectivity index (χ1) is 6.32. The Kier molecular flexibility index (Phi) is 2.80. The van der Waals surface area contributed by atoms with E-state index in [2.05, 4.69) is 0 Å². The number of aryl methyl sites for hydroxylation is 1. The van der Waals surface area contributed by atoms with Gasteiger partial charge in [0.2, 0.25) is 10.0 Å². The zero-order valence-corrected chi connectivity index (χ0v) is 9.10. The molecule has 0 N–H and O–H groups in total. The number of halogens is 1. The summed E-state index contributed by atoms with van der Waals surface area (Å²) < 4.78 is 36.3. The van der Waals surface area contributed by atoms with Gasteiger partial charge in [-0.05, 0) is 24.6 Å². The zero-order chi connectivity index (χ0) is 10.9. The summed E-state index contributed by atoms with van der Waals surface area (Å²) in [5, 5.41) is 0. The summed E-state index contributed by atoms with van der Waals surface area (Å²) >= 11 is 0. The van der Waals surface area contributed by atoms with Crippen LogP contribution in [0.25, 0.3) is 0 Å². The maximum Gasteiger partial charge on any atom is 0.232 e. The van der Waals surface area contributed by atoms with Crippen LogP contribution in [0.3, 0.4) is 0 Å². The topological polar surface area (TPSA) is 37.4 Å². The normalized spacial score (nSPS) is 11.4. The summed E-state index contributed by atoms with van der Waals surface area (Å²) in [4.78, 5) is 0. The van der Waals surface area contributed by atoms with Crippen molar-refractivity contribution in [3.05, 3.63) is 29.6 Å². The van der Waals surface area contributed by atoms with E-state index < -0.39 is 15.8 Å². The van der Waals surface area contributed by atoms with Gasteiger partial charge in [0, 0.05) is 7.05 Å². The molecule has 1 rings (SSSR count). The number of anilines is 1. The van der Waals surface area contributed by atoms with E-state index in [0.29, 0.717) is 5.69 Å². The van der Waals surface area contributed by atoms with E-state index >= 15 is 0 Å². The van der Waals surface area contributed by atoms with Crippen molar-refractivity contribution in [2.45, 2.75) is 6.92 Å². The first-order valence-electron chi connectivity index (χ1n) is 4.02. The Balaban J connectivity index is 3.26. The second-order valence-corrected chi connectivity index (χ2v) is 5.18. The van der Waals surface area contributed by atoms with E-state index in [4.69, 9.17) is 0 Å². The third kappa shape index (κ3) is 2.23. The van der Waals surface area contributed by atoms with Crippen LogP contribution in [-0.4, -0.2) is 21.7 Å². The van der Waals surface area contributed by atoms with Crippen molar-refractivity contribution in [2.75, 3.05) is 17.6 Å². The van der Waals surface area contributed by atoms with Gasteiger partial charge in [-0.25, -0.2) is 12.8 Å². The lowest BCUT2D eigenvalue weighted by atomic mass is 10.2. The molecule has 14 heavy (non-hydrogen) atoms. The van der Waals surface area contributed by atoms with Crippen LogP contribution in [-0.2, 0) is 10.0 Å². The maximum atomic E-state index is 12.9. The molecule has 0 heterocycles. The summed E-state index contributed by atoms with van der Waals surface area (Å²) in [5.41, 5.74) is 1.09. The van der Waals surface area contributed by atoms with Crippen LogP contribution in [0.15, 0.2) is 18.2 Å². The molecule has 0 saturated carbocycles. The minimum absolute atomic E-state index is 0.368. The fourth-order valence-electron chi connectivity index (χ4n) is 1.10. The molecule has 0 radical (unpaired) electrons. The van der Waals surface area contributed by atoms with Gasteiger partial charge in [0.25, 0.3) is 0 Å². The minimum Gasteiger partial charge on any atom is -0.273 e. The smallest absolute Gasteiger partial charge is 0.232 e. The summed E-state index contributed by atoms with van der Waals surface area (Å²) in [6, 6.07) is 4.05. The van der Waals surface area contributed by atoms with Crippen molar-refractivity contribution in [3.8, 4) is 0 Å². The predicted octanol–water partition coefficient (Wildman–Crippen LogP) is 1.53. The minimum atomic E-state index is -3.33. The standard InChI is InChI=1S/C9H12FNO2S/c1-7-4-5-8(10)6-9(7)11(2)14(3,12)13/h4-6H,1-3H3. The second kappa shape index (κ2) is 3.57. The quantitative estimate of drug-likeness (QED) is 0.753. The molecule has 0 amide bonds. The van der Waals surface area contributed by atoms with E-state index in [1.165, 1.54) is 19.2 Å². The van der Waals surface area contributed by atoms with Crippen LogP contribution in [0, 0.1) is 12.7 Å². The monoisotopic (exact) mass is 217 g/mol. The molecular weight excluding hydrogens is 205 g/mol. The van der Waals surface area contributed by atoms with Crippen LogP contribution in [0.4, 0.5) is 10.1 Å². The highest BCUT2D eigenvalue weighted by molar-refractivity contribution is 7.92. The molecule has 1 aromatic carbocycles. The Morgan fingerprint density at radius 1 is 1.36 bits per heavy atom. The maximum absolute atomic E-state index is 12.9. The largest absolute Gasteiger partial charge is 0.273 e. The average Bonchev–Trinajstić information content (AvgIpc) is 2.06. The Morgan fingerprint density at radius 2 is 1.93 bits per heavy atom. The molecule has 0 aliphatic rings. The molecular formula is C9H12FNO2S. The number of sulfonamides is 1. The predicted molar refractivity (Wildman–Crippen MR) is 54.4 cm³/mol. The van der Waals surface area contributed by atoms with Crippen molar-refractivity contribution in [3.63, 3.8) is 0 Å². The molecule has 0 fully saturated rings. The molecule has 5 heteroatoms. The lowest BCUT2D eigenvalue weighted by molar-refractivity contribution is 0.599. The summed E-state index contributed by atoms with van der Waals surface area (Å²) in [7, 11) is -1.93. The van der Waals surface area contributed by atoms with Crippen molar-refractivity contribution in [2.24, 2.45) is 0 Å². The Bertz CT molecular complexity index is 442. The lowest BCUT2D eigenvalue weighted by Crippen LogP contribution is -2.25. The van der Waals surface area contributed by atoms with Gasteiger partial charge in [-0.1, -0.05) is 6.07 Å². The first-order valence-corrected chi connectivity index (χ1v) is 5.87. The molecule has 3 nitrogen and oxygen atoms in total. The number of nitrogens with zero attached hydrogens (tertiary/aromatic N) is 1. The van der Waals surface area contributed by atoms with Gasteiger partial charge in [-0.15, -0.1) is 0 Å². The SMILES string of the molecule is Cc1ccc(F)cc1N(C)S(C)(=O)=O. The van der Waals surface area contributed by atoms with Crippen molar-refractivity contribution < 1.29 is 12.8 Å². The van der Waals surface area contributed by atoms with Gasteiger partial charge in [-0.2, -0.15) is 0 Å². The van der Waals surface area contributed by atoms with Crippen LogP contribution in [0.5, 0.6) is 0 Å². The molecule has 0 aliphatic carbocycles. The Hall–Kier alpha value is -1.10. The molecule has 0 aliphatic heterocycles. The molecule has 0 saturated heterocycles. The van der Waals surface area contributed by atoms with Gasteiger partial charge >= 0.3 is 0 Å². The van der Waals surface area contributed by atoms with E-state index in [1.807, 2.05) is 0 Å². The Morgan fingerprint density at radius 3 is 2.43 bits per heavy atom. The van der Waals surface area contributed by atoms with Gasteiger partial charge in [0.05, 0.1) is 11.9 Å². The Labute approximate surface area is 83.2 Å². The molecule has 0 unspecified atom stereocenters. The van der Waals surface area contributed by atoms with Crippen molar-refractivity contribution >= 4 is 15.7 Å². The number of rotatable bonds is 2.